The molecular formula is C18H21NO2. The van der Waals surface area contributed by atoms with Crippen LogP contribution in [0.2, 0.25) is 0 Å². The highest BCUT2D eigenvalue weighted by Gasteiger charge is 2.17. The van der Waals surface area contributed by atoms with E-state index in [2.05, 4.69) is 6.58 Å². The molecule has 21 heavy (non-hydrogen) atoms. The lowest BCUT2D eigenvalue weighted by Gasteiger charge is -2.12. The number of rotatable bonds is 7. The summed E-state index contributed by atoms with van der Waals surface area (Å²) in [6, 6.07) is 8.93. The van der Waals surface area contributed by atoms with Gasteiger partial charge in [-0.25, -0.2) is 0 Å². The quantitative estimate of drug-likeness (QED) is 0.472. The van der Waals surface area contributed by atoms with Crippen LogP contribution in [0.1, 0.15) is 37.0 Å². The van der Waals surface area contributed by atoms with E-state index in [0.717, 1.165) is 5.57 Å². The van der Waals surface area contributed by atoms with E-state index in [1.54, 1.807) is 30.3 Å². The molecule has 0 unspecified atom stereocenters. The number of carbonyl (C=O) groups is 2. The van der Waals surface area contributed by atoms with Crippen molar-refractivity contribution in [1.29, 1.82) is 0 Å². The van der Waals surface area contributed by atoms with Crippen LogP contribution in [0.25, 0.3) is 0 Å². The normalized spacial score (nSPS) is 12.6. The number of hydrogen-bond acceptors (Lipinski definition) is 3. The zero-order valence-corrected chi connectivity index (χ0v) is 12.6. The maximum Gasteiger partial charge on any atom is 0.195 e. The van der Waals surface area contributed by atoms with Crippen LogP contribution < -0.4 is 5.73 Å². The second-order valence-corrected chi connectivity index (χ2v) is 4.76. The summed E-state index contributed by atoms with van der Waals surface area (Å²) in [7, 11) is 0. The molecule has 3 heteroatoms. The predicted molar refractivity (Wildman–Crippen MR) is 85.9 cm³/mol. The van der Waals surface area contributed by atoms with Crippen molar-refractivity contribution < 1.29 is 9.59 Å². The minimum absolute atomic E-state index is 0.0277. The molecule has 0 aliphatic heterocycles. The van der Waals surface area contributed by atoms with Crippen molar-refractivity contribution >= 4 is 11.6 Å². The Morgan fingerprint density at radius 3 is 2.33 bits per heavy atom. The summed E-state index contributed by atoms with van der Waals surface area (Å²) in [6.07, 6.45) is 4.02. The first-order valence-electron chi connectivity index (χ1n) is 6.91. The van der Waals surface area contributed by atoms with Gasteiger partial charge in [-0.2, -0.15) is 0 Å². The van der Waals surface area contributed by atoms with E-state index in [0.29, 0.717) is 23.3 Å². The van der Waals surface area contributed by atoms with E-state index in [1.807, 2.05) is 13.0 Å². The lowest BCUT2D eigenvalue weighted by atomic mass is 9.95. The highest BCUT2D eigenvalue weighted by atomic mass is 16.1. The van der Waals surface area contributed by atoms with Crippen LogP contribution in [0.4, 0.5) is 0 Å². The monoisotopic (exact) mass is 283 g/mol. The Labute approximate surface area is 125 Å². The summed E-state index contributed by atoms with van der Waals surface area (Å²) < 4.78 is 0. The maximum atomic E-state index is 12.6. The Morgan fingerprint density at radius 1 is 1.24 bits per heavy atom. The molecule has 0 amide bonds. The second kappa shape index (κ2) is 8.00. The number of Topliss-reactive ketones (excluding diaryl/α,β-unsaturated/α-hetero) is 2. The number of benzene rings is 1. The Kier molecular flexibility index (Phi) is 6.34. The Bertz CT molecular complexity index is 595. The van der Waals surface area contributed by atoms with Gasteiger partial charge < -0.3 is 5.73 Å². The van der Waals surface area contributed by atoms with E-state index >= 15 is 0 Å². The topological polar surface area (TPSA) is 60.2 Å². The fraction of sp³-hybridized carbons (Fsp3) is 0.222. The predicted octanol–water partition coefficient (Wildman–Crippen LogP) is 3.58. The van der Waals surface area contributed by atoms with E-state index in [4.69, 9.17) is 5.73 Å². The van der Waals surface area contributed by atoms with Gasteiger partial charge in [-0.3, -0.25) is 9.59 Å². The Hall–Kier alpha value is -2.42. The van der Waals surface area contributed by atoms with E-state index in [1.165, 1.54) is 13.0 Å². The number of nitrogens with two attached hydrogens (primary N) is 1. The van der Waals surface area contributed by atoms with Gasteiger partial charge in [0.2, 0.25) is 0 Å². The summed E-state index contributed by atoms with van der Waals surface area (Å²) in [4.78, 5) is 23.9. The van der Waals surface area contributed by atoms with Crippen LogP contribution in [0.15, 0.2) is 65.9 Å². The van der Waals surface area contributed by atoms with Gasteiger partial charge in [0.25, 0.3) is 0 Å². The summed E-state index contributed by atoms with van der Waals surface area (Å²) in [5, 5.41) is 0. The molecule has 0 aromatic heterocycles. The van der Waals surface area contributed by atoms with Gasteiger partial charge in [-0.05, 0) is 25.0 Å². The zero-order chi connectivity index (χ0) is 15.8. The summed E-state index contributed by atoms with van der Waals surface area (Å²) >= 11 is 0. The van der Waals surface area contributed by atoms with Crippen LogP contribution in [0.5, 0.6) is 0 Å². The summed E-state index contributed by atoms with van der Waals surface area (Å²) in [6.45, 7) is 7.06. The average Bonchev–Trinajstić information content (AvgIpc) is 2.49. The standard InChI is InChI=1S/C18H21NO2/c1-4-9-16(17(19)14(5-2)12-13(3)20)18(21)15-10-7-6-8-11-15/h4,6-11H,1,5,12,19H2,2-3H3/b16-9+,17-14-. The molecule has 0 radical (unpaired) electrons. The SMILES string of the molecule is C=C/C=C(C(=O)c1ccccc1)\C(N)=C(/CC)CC(C)=O. The molecule has 0 fully saturated rings. The van der Waals surface area contributed by atoms with Crippen molar-refractivity contribution in [3.63, 3.8) is 0 Å². The van der Waals surface area contributed by atoms with Crippen molar-refractivity contribution in [2.75, 3.05) is 0 Å². The number of carbonyl (C=O) groups excluding carboxylic acids is 2. The molecule has 0 aliphatic carbocycles. The molecule has 0 saturated heterocycles. The molecular weight excluding hydrogens is 262 g/mol. The second-order valence-electron chi connectivity index (χ2n) is 4.76. The fourth-order valence-electron chi connectivity index (χ4n) is 2.05. The lowest BCUT2D eigenvalue weighted by molar-refractivity contribution is -0.116. The first-order chi connectivity index (χ1) is 10.0. The third kappa shape index (κ3) is 4.56. The van der Waals surface area contributed by atoms with Crippen molar-refractivity contribution in [2.24, 2.45) is 5.73 Å². The number of hydrogen-bond donors (Lipinski definition) is 1. The summed E-state index contributed by atoms with van der Waals surface area (Å²) in [5.41, 5.74) is 8.24. The van der Waals surface area contributed by atoms with Crippen molar-refractivity contribution in [1.82, 2.24) is 0 Å². The lowest BCUT2D eigenvalue weighted by Crippen LogP contribution is -2.15. The van der Waals surface area contributed by atoms with Gasteiger partial charge in [0.1, 0.15) is 5.78 Å². The molecule has 0 atom stereocenters. The van der Waals surface area contributed by atoms with Crippen LogP contribution in [0.3, 0.4) is 0 Å². The minimum Gasteiger partial charge on any atom is -0.398 e. The smallest absolute Gasteiger partial charge is 0.195 e. The van der Waals surface area contributed by atoms with Gasteiger partial charge in [0.15, 0.2) is 5.78 Å². The first-order valence-corrected chi connectivity index (χ1v) is 6.91. The van der Waals surface area contributed by atoms with Gasteiger partial charge in [-0.15, -0.1) is 0 Å². The third-order valence-corrected chi connectivity index (χ3v) is 3.13. The zero-order valence-electron chi connectivity index (χ0n) is 12.6. The van der Waals surface area contributed by atoms with Gasteiger partial charge in [0.05, 0.1) is 0 Å². The Balaban J connectivity index is 3.27. The van der Waals surface area contributed by atoms with E-state index in [9.17, 15) is 9.59 Å². The van der Waals surface area contributed by atoms with Crippen LogP contribution in [0, 0.1) is 0 Å². The van der Waals surface area contributed by atoms with Crippen molar-refractivity contribution in [2.45, 2.75) is 26.7 Å². The van der Waals surface area contributed by atoms with E-state index in [-0.39, 0.29) is 18.0 Å². The highest BCUT2D eigenvalue weighted by Crippen LogP contribution is 2.20. The van der Waals surface area contributed by atoms with Gasteiger partial charge in [-0.1, -0.05) is 49.9 Å². The molecule has 3 nitrogen and oxygen atoms in total. The van der Waals surface area contributed by atoms with Crippen molar-refractivity contribution in [3.8, 4) is 0 Å². The molecule has 1 aromatic rings. The first kappa shape index (κ1) is 16.6. The Morgan fingerprint density at radius 2 is 1.86 bits per heavy atom. The molecule has 0 heterocycles. The number of allylic oxidation sites excluding steroid dienone is 4. The van der Waals surface area contributed by atoms with Crippen LogP contribution >= 0.6 is 0 Å². The minimum atomic E-state index is -0.164. The van der Waals surface area contributed by atoms with Gasteiger partial charge in [0, 0.05) is 23.3 Å². The van der Waals surface area contributed by atoms with Crippen molar-refractivity contribution in [3.05, 3.63) is 71.5 Å². The molecule has 2 N–H and O–H groups in total. The molecule has 0 bridgehead atoms. The van der Waals surface area contributed by atoms with E-state index < -0.39 is 0 Å². The molecule has 0 saturated carbocycles. The van der Waals surface area contributed by atoms with Crippen LogP contribution in [-0.4, -0.2) is 11.6 Å². The third-order valence-electron chi connectivity index (χ3n) is 3.13. The highest BCUT2D eigenvalue weighted by molar-refractivity contribution is 6.11. The summed E-state index contributed by atoms with van der Waals surface area (Å²) in [5.74, 6) is -0.137. The van der Waals surface area contributed by atoms with Crippen LogP contribution in [-0.2, 0) is 4.79 Å². The fourth-order valence-corrected chi connectivity index (χ4v) is 2.05. The largest absolute Gasteiger partial charge is 0.398 e. The molecule has 0 aliphatic rings. The molecule has 1 aromatic carbocycles. The average molecular weight is 283 g/mol. The molecule has 110 valence electrons. The molecule has 1 rings (SSSR count). The molecule has 0 spiro atoms. The number of ketones is 2. The van der Waals surface area contributed by atoms with Gasteiger partial charge >= 0.3 is 0 Å². The maximum absolute atomic E-state index is 12.6.